The molecule has 0 rings (SSSR count). The number of rotatable bonds is 9. The summed E-state index contributed by atoms with van der Waals surface area (Å²) in [5.41, 5.74) is 0. The van der Waals surface area contributed by atoms with Gasteiger partial charge in [0.15, 0.2) is 0 Å². The molecule has 0 fully saturated rings. The van der Waals surface area contributed by atoms with Gasteiger partial charge in [-0.25, -0.2) is 17.9 Å². The zero-order chi connectivity index (χ0) is 15.6. The van der Waals surface area contributed by atoms with E-state index in [1.54, 1.807) is 6.92 Å². The van der Waals surface area contributed by atoms with Gasteiger partial charge in [-0.3, -0.25) is 9.59 Å². The molecule has 116 valence electrons. The summed E-state index contributed by atoms with van der Waals surface area (Å²) < 4.78 is 24.7. The van der Waals surface area contributed by atoms with Crippen molar-refractivity contribution in [1.82, 2.24) is 20.7 Å². The number of hydrogen-bond acceptors (Lipinski definition) is 5. The van der Waals surface area contributed by atoms with Crippen LogP contribution in [0.3, 0.4) is 0 Å². The number of sulfonamides is 1. The number of nitrogens with one attached hydrogen (secondary N) is 4. The van der Waals surface area contributed by atoms with Crippen LogP contribution in [0.15, 0.2) is 0 Å². The van der Waals surface area contributed by atoms with Crippen LogP contribution in [0.1, 0.15) is 6.92 Å². The third kappa shape index (κ3) is 10.1. The molecule has 20 heavy (non-hydrogen) atoms. The van der Waals surface area contributed by atoms with E-state index in [1.807, 2.05) is 5.32 Å². The largest absolute Gasteiger partial charge is 0.480 e. The average Bonchev–Trinajstić information content (AvgIpc) is 2.33. The van der Waals surface area contributed by atoms with Gasteiger partial charge in [-0.1, -0.05) is 6.92 Å². The Morgan fingerprint density at radius 1 is 1.05 bits per heavy atom. The molecule has 0 saturated carbocycles. The van der Waals surface area contributed by atoms with E-state index in [1.165, 1.54) is 0 Å². The van der Waals surface area contributed by atoms with Crippen molar-refractivity contribution < 1.29 is 27.9 Å². The van der Waals surface area contributed by atoms with Crippen molar-refractivity contribution in [2.75, 3.05) is 31.9 Å². The lowest BCUT2D eigenvalue weighted by molar-refractivity contribution is -0.137. The lowest BCUT2D eigenvalue weighted by Gasteiger charge is -2.08. The molecule has 0 aromatic carbocycles. The summed E-state index contributed by atoms with van der Waals surface area (Å²) in [5.74, 6) is -2.14. The van der Waals surface area contributed by atoms with Gasteiger partial charge in [0.1, 0.15) is 6.54 Å². The van der Waals surface area contributed by atoms with Crippen LogP contribution in [0.25, 0.3) is 0 Å². The number of carboxylic acid groups (broad SMARTS) is 1. The van der Waals surface area contributed by atoms with E-state index in [9.17, 15) is 22.8 Å². The van der Waals surface area contributed by atoms with E-state index in [0.29, 0.717) is 0 Å². The van der Waals surface area contributed by atoms with Gasteiger partial charge in [0, 0.05) is 13.1 Å². The Balaban J connectivity index is 3.79. The second-order valence-corrected chi connectivity index (χ2v) is 5.52. The van der Waals surface area contributed by atoms with Gasteiger partial charge in [-0.05, 0) is 0 Å². The minimum Gasteiger partial charge on any atom is -0.480 e. The average molecular weight is 310 g/mol. The molecule has 0 aliphatic heterocycles. The Bertz CT molecular complexity index is 449. The van der Waals surface area contributed by atoms with Crippen LogP contribution >= 0.6 is 0 Å². The molecule has 3 amide bonds. The molecule has 0 unspecified atom stereocenters. The number of aliphatic carboxylic acids is 1. The second kappa shape index (κ2) is 9.09. The fraction of sp³-hybridized carbons (Fsp3) is 0.667. The van der Waals surface area contributed by atoms with Crippen LogP contribution in [-0.2, 0) is 19.6 Å². The lowest BCUT2D eigenvalue weighted by Crippen LogP contribution is -2.44. The normalized spacial score (nSPS) is 10.7. The molecular formula is C9H18N4O6S. The molecule has 11 heteroatoms. The third-order valence-electron chi connectivity index (χ3n) is 1.87. The first kappa shape index (κ1) is 18.1. The maximum atomic E-state index is 11.2. The molecule has 0 heterocycles. The van der Waals surface area contributed by atoms with Crippen LogP contribution in [-0.4, -0.2) is 63.4 Å². The lowest BCUT2D eigenvalue weighted by atomic mass is 10.5. The highest BCUT2D eigenvalue weighted by Crippen LogP contribution is 1.81. The summed E-state index contributed by atoms with van der Waals surface area (Å²) in [5, 5.41) is 14.8. The van der Waals surface area contributed by atoms with Crippen molar-refractivity contribution in [3.63, 3.8) is 0 Å². The highest BCUT2D eigenvalue weighted by molar-refractivity contribution is 7.89. The van der Waals surface area contributed by atoms with Gasteiger partial charge < -0.3 is 21.1 Å². The smallest absolute Gasteiger partial charge is 0.322 e. The van der Waals surface area contributed by atoms with Gasteiger partial charge in [-0.15, -0.1) is 0 Å². The first-order valence-electron chi connectivity index (χ1n) is 5.74. The molecule has 10 nitrogen and oxygen atoms in total. The molecule has 0 aliphatic rings. The quantitative estimate of drug-likeness (QED) is 0.315. The van der Waals surface area contributed by atoms with Gasteiger partial charge >= 0.3 is 12.0 Å². The van der Waals surface area contributed by atoms with Gasteiger partial charge in [-0.2, -0.15) is 0 Å². The number of urea groups is 1. The summed E-state index contributed by atoms with van der Waals surface area (Å²) in [6.45, 7) is 0.839. The van der Waals surface area contributed by atoms with Crippen molar-refractivity contribution in [3.05, 3.63) is 0 Å². The SMILES string of the molecule is CCNS(=O)(=O)CCNC(=O)NCC(=O)NCC(=O)O. The maximum absolute atomic E-state index is 11.2. The molecular weight excluding hydrogens is 292 g/mol. The molecule has 0 radical (unpaired) electrons. The van der Waals surface area contributed by atoms with E-state index in [0.717, 1.165) is 0 Å². The van der Waals surface area contributed by atoms with Crippen LogP contribution in [0.2, 0.25) is 0 Å². The van der Waals surface area contributed by atoms with Crippen LogP contribution in [0, 0.1) is 0 Å². The van der Waals surface area contributed by atoms with E-state index in [2.05, 4.69) is 15.4 Å². The summed E-state index contributed by atoms with van der Waals surface area (Å²) in [4.78, 5) is 32.4. The summed E-state index contributed by atoms with van der Waals surface area (Å²) >= 11 is 0. The predicted molar refractivity (Wildman–Crippen MR) is 69.5 cm³/mol. The Labute approximate surface area is 116 Å². The summed E-state index contributed by atoms with van der Waals surface area (Å²) in [6, 6.07) is -0.720. The predicted octanol–water partition coefficient (Wildman–Crippen LogP) is -2.57. The molecule has 0 saturated heterocycles. The molecule has 0 bridgehead atoms. The first-order valence-corrected chi connectivity index (χ1v) is 7.39. The maximum Gasteiger partial charge on any atom is 0.322 e. The molecule has 0 aromatic rings. The van der Waals surface area contributed by atoms with Gasteiger partial charge in [0.2, 0.25) is 15.9 Å². The van der Waals surface area contributed by atoms with Crippen LogP contribution in [0.5, 0.6) is 0 Å². The standard InChI is InChI=1S/C9H18N4O6S/c1-2-13-20(18,19)4-3-10-9(17)12-5-7(14)11-6-8(15)16/h13H,2-6H2,1H3,(H,11,14)(H,15,16)(H2,10,12,17). The zero-order valence-corrected chi connectivity index (χ0v) is 11.7. The zero-order valence-electron chi connectivity index (χ0n) is 10.9. The topological polar surface area (TPSA) is 154 Å². The molecule has 0 spiro atoms. The molecule has 0 aliphatic carbocycles. The summed E-state index contributed by atoms with van der Waals surface area (Å²) in [7, 11) is -3.41. The van der Waals surface area contributed by atoms with Crippen molar-refractivity contribution in [2.24, 2.45) is 0 Å². The van der Waals surface area contributed by atoms with E-state index >= 15 is 0 Å². The molecule has 0 aromatic heterocycles. The minimum atomic E-state index is -3.41. The third-order valence-corrected chi connectivity index (χ3v) is 3.34. The first-order chi connectivity index (χ1) is 9.26. The number of carboxylic acids is 1. The Morgan fingerprint density at radius 2 is 1.70 bits per heavy atom. The highest BCUT2D eigenvalue weighted by Gasteiger charge is 2.10. The number of hydrogen-bond donors (Lipinski definition) is 5. The van der Waals surface area contributed by atoms with Crippen LogP contribution in [0.4, 0.5) is 4.79 Å². The Hall–Kier alpha value is -1.88. The summed E-state index contributed by atoms with van der Waals surface area (Å²) in [6.07, 6.45) is 0. The van der Waals surface area contributed by atoms with Crippen molar-refractivity contribution in [3.8, 4) is 0 Å². The van der Waals surface area contributed by atoms with E-state index < -0.39 is 41.0 Å². The highest BCUT2D eigenvalue weighted by atomic mass is 32.2. The van der Waals surface area contributed by atoms with Gasteiger partial charge in [0.05, 0.1) is 12.3 Å². The minimum absolute atomic E-state index is 0.113. The number of amides is 3. The number of carbonyl (C=O) groups excluding carboxylic acids is 2. The number of carbonyl (C=O) groups is 3. The fourth-order valence-corrected chi connectivity index (χ4v) is 2.01. The second-order valence-electron chi connectivity index (χ2n) is 3.60. The van der Waals surface area contributed by atoms with Gasteiger partial charge in [0.25, 0.3) is 0 Å². The monoisotopic (exact) mass is 310 g/mol. The Kier molecular flexibility index (Phi) is 8.24. The van der Waals surface area contributed by atoms with E-state index in [-0.39, 0.29) is 18.8 Å². The van der Waals surface area contributed by atoms with Crippen LogP contribution < -0.4 is 20.7 Å². The Morgan fingerprint density at radius 3 is 2.25 bits per heavy atom. The van der Waals surface area contributed by atoms with Crippen molar-refractivity contribution in [1.29, 1.82) is 0 Å². The molecule has 0 atom stereocenters. The molecule has 5 N–H and O–H groups in total. The van der Waals surface area contributed by atoms with Crippen molar-refractivity contribution >= 4 is 27.9 Å². The van der Waals surface area contributed by atoms with Crippen molar-refractivity contribution in [2.45, 2.75) is 6.92 Å². The van der Waals surface area contributed by atoms with E-state index in [4.69, 9.17) is 5.11 Å². The fourth-order valence-electron chi connectivity index (χ4n) is 1.05.